The minimum Gasteiger partial charge on any atom is -0.350 e. The van der Waals surface area contributed by atoms with Crippen molar-refractivity contribution in [1.82, 2.24) is 10.3 Å². The lowest BCUT2D eigenvalue weighted by atomic mass is 10.1. The van der Waals surface area contributed by atoms with Crippen LogP contribution in [0.1, 0.15) is 31.2 Å². The lowest BCUT2D eigenvalue weighted by Crippen LogP contribution is -2.42. The highest BCUT2D eigenvalue weighted by atomic mass is 127. The van der Waals surface area contributed by atoms with Gasteiger partial charge in [-0.15, -0.1) is 22.9 Å². The molecule has 1 atom stereocenters. The first-order valence-corrected chi connectivity index (χ1v) is 6.70. The topological polar surface area (TPSA) is 42.0 Å². The average molecular weight is 359 g/mol. The predicted octanol–water partition coefficient (Wildman–Crippen LogP) is 2.94. The molecule has 84 valence electrons. The second-order valence-electron chi connectivity index (χ2n) is 4.10. The highest BCUT2D eigenvalue weighted by Crippen LogP contribution is 2.26. The zero-order valence-corrected chi connectivity index (χ0v) is 12.4. The fourth-order valence-electron chi connectivity index (χ4n) is 0.929. The van der Waals surface area contributed by atoms with Gasteiger partial charge in [0.15, 0.2) is 5.38 Å². The second-order valence-corrected chi connectivity index (χ2v) is 7.50. The van der Waals surface area contributed by atoms with Crippen LogP contribution in [0.5, 0.6) is 0 Å². The lowest BCUT2D eigenvalue weighted by Gasteiger charge is -2.21. The van der Waals surface area contributed by atoms with E-state index in [1.165, 1.54) is 11.3 Å². The number of rotatable bonds is 2. The highest BCUT2D eigenvalue weighted by molar-refractivity contribution is 14.1. The van der Waals surface area contributed by atoms with Crippen molar-refractivity contribution in [3.63, 3.8) is 0 Å². The Balaban J connectivity index is 2.69. The summed E-state index contributed by atoms with van der Waals surface area (Å²) in [6, 6.07) is 0. The molecule has 0 aliphatic heterocycles. The summed E-state index contributed by atoms with van der Waals surface area (Å²) < 4.78 is 1.02. The minimum absolute atomic E-state index is 0.199. The number of nitrogens with zero attached hydrogens (tertiary/aromatic N) is 1. The van der Waals surface area contributed by atoms with E-state index in [-0.39, 0.29) is 11.4 Å². The molecule has 1 aromatic rings. The summed E-state index contributed by atoms with van der Waals surface area (Å²) in [5.41, 5.74) is -0.269. The number of hydrogen-bond acceptors (Lipinski definition) is 3. The fourth-order valence-corrected chi connectivity index (χ4v) is 2.61. The van der Waals surface area contributed by atoms with E-state index in [2.05, 4.69) is 32.9 Å². The molecule has 0 bridgehead atoms. The van der Waals surface area contributed by atoms with Gasteiger partial charge in [-0.3, -0.25) is 4.79 Å². The third-order valence-corrected chi connectivity index (χ3v) is 3.76. The van der Waals surface area contributed by atoms with Gasteiger partial charge in [0.25, 0.3) is 0 Å². The van der Waals surface area contributed by atoms with Crippen LogP contribution in [-0.2, 0) is 4.79 Å². The van der Waals surface area contributed by atoms with Crippen molar-refractivity contribution >= 4 is 51.4 Å². The van der Waals surface area contributed by atoms with Crippen molar-refractivity contribution in [2.45, 2.75) is 31.7 Å². The van der Waals surface area contributed by atoms with Crippen LogP contribution in [0, 0.1) is 2.88 Å². The molecule has 1 N–H and O–H groups in total. The molecule has 0 spiro atoms. The van der Waals surface area contributed by atoms with Crippen molar-refractivity contribution < 1.29 is 4.79 Å². The molecule has 15 heavy (non-hydrogen) atoms. The number of carbonyl (C=O) groups excluding carboxylic acids is 1. The minimum atomic E-state index is -0.697. The third-order valence-electron chi connectivity index (χ3n) is 1.44. The molecule has 3 nitrogen and oxygen atoms in total. The van der Waals surface area contributed by atoms with Gasteiger partial charge in [0.2, 0.25) is 5.91 Å². The van der Waals surface area contributed by atoms with Crippen molar-refractivity contribution in [2.75, 3.05) is 0 Å². The van der Waals surface area contributed by atoms with Crippen LogP contribution in [0.4, 0.5) is 0 Å². The van der Waals surface area contributed by atoms with Gasteiger partial charge in [-0.05, 0) is 43.4 Å². The Morgan fingerprint density at radius 2 is 2.27 bits per heavy atom. The van der Waals surface area contributed by atoms with Gasteiger partial charge in [0.1, 0.15) is 5.01 Å². The van der Waals surface area contributed by atoms with E-state index in [0.717, 1.165) is 2.88 Å². The van der Waals surface area contributed by atoms with E-state index >= 15 is 0 Å². The summed E-state index contributed by atoms with van der Waals surface area (Å²) in [6.07, 6.45) is 1.71. The van der Waals surface area contributed by atoms with Crippen LogP contribution in [0.25, 0.3) is 0 Å². The average Bonchev–Trinajstić information content (AvgIpc) is 2.47. The standard InChI is InChI=1S/C9H12ClIN2OS/c1-9(2,3)13-7(14)6(10)8-12-4-5(11)15-8/h4,6H,1-3H3,(H,13,14). The van der Waals surface area contributed by atoms with Gasteiger partial charge in [0, 0.05) is 5.54 Å². The Kier molecular flexibility index (Phi) is 4.37. The van der Waals surface area contributed by atoms with Gasteiger partial charge >= 0.3 is 0 Å². The number of nitrogens with one attached hydrogen (secondary N) is 1. The predicted molar refractivity (Wildman–Crippen MR) is 71.3 cm³/mol. The number of thiazole rings is 1. The number of amides is 1. The molecular weight excluding hydrogens is 347 g/mol. The number of alkyl halides is 1. The number of aromatic nitrogens is 1. The largest absolute Gasteiger partial charge is 0.350 e. The zero-order chi connectivity index (χ0) is 11.6. The zero-order valence-electron chi connectivity index (χ0n) is 8.67. The number of hydrogen-bond donors (Lipinski definition) is 1. The first-order chi connectivity index (χ1) is 6.79. The van der Waals surface area contributed by atoms with Crippen LogP contribution < -0.4 is 5.32 Å². The Hall–Kier alpha value is 0.120. The van der Waals surface area contributed by atoms with E-state index in [0.29, 0.717) is 5.01 Å². The van der Waals surface area contributed by atoms with E-state index in [4.69, 9.17) is 11.6 Å². The van der Waals surface area contributed by atoms with Crippen LogP contribution in [0.15, 0.2) is 6.20 Å². The van der Waals surface area contributed by atoms with Gasteiger partial charge in [-0.2, -0.15) is 0 Å². The maximum Gasteiger partial charge on any atom is 0.245 e. The Morgan fingerprint density at radius 1 is 1.67 bits per heavy atom. The molecule has 0 fully saturated rings. The number of halogens is 2. The van der Waals surface area contributed by atoms with Gasteiger partial charge in [-0.25, -0.2) is 4.98 Å². The smallest absolute Gasteiger partial charge is 0.245 e. The summed E-state index contributed by atoms with van der Waals surface area (Å²) in [6.45, 7) is 5.75. The van der Waals surface area contributed by atoms with E-state index < -0.39 is 5.38 Å². The van der Waals surface area contributed by atoms with Crippen LogP contribution in [0.3, 0.4) is 0 Å². The number of carbonyl (C=O) groups is 1. The van der Waals surface area contributed by atoms with Crippen molar-refractivity contribution in [3.05, 3.63) is 14.1 Å². The molecule has 1 aromatic heterocycles. The highest BCUT2D eigenvalue weighted by Gasteiger charge is 2.24. The van der Waals surface area contributed by atoms with E-state index in [1.807, 2.05) is 20.8 Å². The molecule has 1 heterocycles. The summed E-state index contributed by atoms with van der Waals surface area (Å²) >= 11 is 9.59. The summed E-state index contributed by atoms with van der Waals surface area (Å²) in [5.74, 6) is -0.199. The van der Waals surface area contributed by atoms with Crippen molar-refractivity contribution in [1.29, 1.82) is 0 Å². The van der Waals surface area contributed by atoms with Gasteiger partial charge in [-0.1, -0.05) is 0 Å². The maximum absolute atomic E-state index is 11.7. The van der Waals surface area contributed by atoms with E-state index in [1.54, 1.807) is 6.20 Å². The summed E-state index contributed by atoms with van der Waals surface area (Å²) in [4.78, 5) is 15.8. The van der Waals surface area contributed by atoms with Crippen LogP contribution in [0.2, 0.25) is 0 Å². The SMILES string of the molecule is CC(C)(C)NC(=O)C(Cl)c1ncc(I)s1. The molecular formula is C9H12ClIN2OS. The lowest BCUT2D eigenvalue weighted by molar-refractivity contribution is -0.122. The molecule has 1 amide bonds. The quantitative estimate of drug-likeness (QED) is 0.652. The van der Waals surface area contributed by atoms with Crippen molar-refractivity contribution in [2.24, 2.45) is 0 Å². The van der Waals surface area contributed by atoms with Crippen molar-refractivity contribution in [3.8, 4) is 0 Å². The second kappa shape index (κ2) is 4.97. The van der Waals surface area contributed by atoms with Gasteiger partial charge < -0.3 is 5.32 Å². The Labute approximate surface area is 112 Å². The first kappa shape index (κ1) is 13.2. The molecule has 0 aromatic carbocycles. The molecule has 1 rings (SSSR count). The summed E-state index contributed by atoms with van der Waals surface area (Å²) in [5, 5.41) is 2.76. The Morgan fingerprint density at radius 3 is 2.67 bits per heavy atom. The normalized spacial score (nSPS) is 13.7. The van der Waals surface area contributed by atoms with Gasteiger partial charge in [0.05, 0.1) is 9.08 Å². The fraction of sp³-hybridized carbons (Fsp3) is 0.556. The van der Waals surface area contributed by atoms with E-state index in [9.17, 15) is 4.79 Å². The molecule has 0 aliphatic rings. The summed E-state index contributed by atoms with van der Waals surface area (Å²) in [7, 11) is 0. The van der Waals surface area contributed by atoms with Crippen LogP contribution in [-0.4, -0.2) is 16.4 Å². The Bertz CT molecular complexity index is 361. The molecule has 0 aliphatic carbocycles. The molecule has 0 saturated heterocycles. The van der Waals surface area contributed by atoms with Crippen LogP contribution >= 0.6 is 45.5 Å². The molecule has 0 saturated carbocycles. The first-order valence-electron chi connectivity index (χ1n) is 4.37. The molecule has 6 heteroatoms. The maximum atomic E-state index is 11.7. The third kappa shape index (κ3) is 4.24. The molecule has 1 unspecified atom stereocenters. The monoisotopic (exact) mass is 358 g/mol. The molecule has 0 radical (unpaired) electrons.